The number of benzene rings is 1. The van der Waals surface area contributed by atoms with Crippen molar-refractivity contribution in [3.63, 3.8) is 0 Å². The average molecular weight is 217 g/mol. The molecule has 1 aromatic carbocycles. The summed E-state index contributed by atoms with van der Waals surface area (Å²) in [4.78, 5) is 3.95. The molecule has 0 spiro atoms. The van der Waals surface area contributed by atoms with Gasteiger partial charge < -0.3 is 15.0 Å². The van der Waals surface area contributed by atoms with E-state index in [4.69, 9.17) is 10.5 Å². The van der Waals surface area contributed by atoms with Crippen molar-refractivity contribution in [3.8, 4) is 5.75 Å². The molecule has 0 atom stereocenters. The summed E-state index contributed by atoms with van der Waals surface area (Å²) in [5, 5.41) is 0. The van der Waals surface area contributed by atoms with Crippen LogP contribution in [0.25, 0.3) is 0 Å². The van der Waals surface area contributed by atoms with E-state index in [1.54, 1.807) is 6.20 Å². The van der Waals surface area contributed by atoms with E-state index in [1.165, 1.54) is 0 Å². The summed E-state index contributed by atoms with van der Waals surface area (Å²) in [7, 11) is 0. The minimum atomic E-state index is 0.555. The van der Waals surface area contributed by atoms with Gasteiger partial charge in [-0.3, -0.25) is 0 Å². The van der Waals surface area contributed by atoms with E-state index < -0.39 is 0 Å². The molecule has 84 valence electrons. The van der Waals surface area contributed by atoms with E-state index in [0.29, 0.717) is 12.6 Å². The Morgan fingerprint density at radius 3 is 2.75 bits per heavy atom. The van der Waals surface area contributed by atoms with Crippen LogP contribution < -0.4 is 10.5 Å². The summed E-state index contributed by atoms with van der Waals surface area (Å²) in [6.45, 7) is 1.51. The van der Waals surface area contributed by atoms with E-state index in [0.717, 1.165) is 18.7 Å². The Morgan fingerprint density at radius 2 is 2.06 bits per heavy atom. The molecule has 2 N–H and O–H groups in total. The number of anilines is 1. The monoisotopic (exact) mass is 217 g/mol. The third kappa shape index (κ3) is 2.76. The Morgan fingerprint density at radius 1 is 1.25 bits per heavy atom. The van der Waals surface area contributed by atoms with Crippen molar-refractivity contribution in [1.82, 2.24) is 9.55 Å². The molecule has 0 aliphatic carbocycles. The second kappa shape index (κ2) is 5.21. The highest BCUT2D eigenvalue weighted by molar-refractivity contribution is 5.20. The number of aromatic nitrogens is 2. The van der Waals surface area contributed by atoms with Gasteiger partial charge in [0.15, 0.2) is 5.95 Å². The van der Waals surface area contributed by atoms with Crippen molar-refractivity contribution in [1.29, 1.82) is 0 Å². The smallest absolute Gasteiger partial charge is 0.200 e. The molecule has 0 fully saturated rings. The van der Waals surface area contributed by atoms with Crippen LogP contribution >= 0.6 is 0 Å². The molecule has 0 bridgehead atoms. The highest BCUT2D eigenvalue weighted by Crippen LogP contribution is 2.09. The van der Waals surface area contributed by atoms with E-state index >= 15 is 0 Å². The molecular formula is C12H15N3O. The largest absolute Gasteiger partial charge is 0.494 e. The van der Waals surface area contributed by atoms with Gasteiger partial charge in [-0.25, -0.2) is 4.98 Å². The molecule has 0 aliphatic rings. The fourth-order valence-electron chi connectivity index (χ4n) is 1.47. The van der Waals surface area contributed by atoms with Gasteiger partial charge >= 0.3 is 0 Å². The van der Waals surface area contributed by atoms with Crippen LogP contribution in [0.5, 0.6) is 5.75 Å². The second-order valence-electron chi connectivity index (χ2n) is 3.49. The van der Waals surface area contributed by atoms with Gasteiger partial charge in [-0.1, -0.05) is 18.2 Å². The number of hydrogen-bond acceptors (Lipinski definition) is 3. The second-order valence-corrected chi connectivity index (χ2v) is 3.49. The quantitative estimate of drug-likeness (QED) is 0.779. The van der Waals surface area contributed by atoms with Crippen molar-refractivity contribution in [2.75, 3.05) is 12.3 Å². The predicted molar refractivity (Wildman–Crippen MR) is 63.2 cm³/mol. The lowest BCUT2D eigenvalue weighted by atomic mass is 10.3. The molecule has 2 rings (SSSR count). The van der Waals surface area contributed by atoms with Gasteiger partial charge in [0.05, 0.1) is 6.61 Å². The van der Waals surface area contributed by atoms with Crippen LogP contribution in [0.3, 0.4) is 0 Å². The van der Waals surface area contributed by atoms with Crippen molar-refractivity contribution in [2.24, 2.45) is 0 Å². The van der Waals surface area contributed by atoms with Crippen LogP contribution in [0.15, 0.2) is 42.7 Å². The fraction of sp³-hybridized carbons (Fsp3) is 0.250. The average Bonchev–Trinajstić information content (AvgIpc) is 2.72. The maximum absolute atomic E-state index is 5.64. The third-order valence-electron chi connectivity index (χ3n) is 2.30. The van der Waals surface area contributed by atoms with Gasteiger partial charge in [0, 0.05) is 18.9 Å². The molecular weight excluding hydrogens is 202 g/mol. The number of ether oxygens (including phenoxy) is 1. The summed E-state index contributed by atoms with van der Waals surface area (Å²) in [5.41, 5.74) is 5.64. The van der Waals surface area contributed by atoms with Crippen LogP contribution in [0.4, 0.5) is 5.95 Å². The van der Waals surface area contributed by atoms with Crippen LogP contribution in [-0.2, 0) is 6.54 Å². The van der Waals surface area contributed by atoms with E-state index in [1.807, 2.05) is 41.1 Å². The van der Waals surface area contributed by atoms with E-state index in [-0.39, 0.29) is 0 Å². The molecule has 0 radical (unpaired) electrons. The van der Waals surface area contributed by atoms with Crippen molar-refractivity contribution in [3.05, 3.63) is 42.7 Å². The molecule has 0 aliphatic heterocycles. The summed E-state index contributed by atoms with van der Waals surface area (Å²) in [5.74, 6) is 1.46. The van der Waals surface area contributed by atoms with Gasteiger partial charge in [-0.15, -0.1) is 0 Å². The number of rotatable bonds is 5. The number of para-hydroxylation sites is 1. The third-order valence-corrected chi connectivity index (χ3v) is 2.30. The van der Waals surface area contributed by atoms with Gasteiger partial charge in [0.1, 0.15) is 5.75 Å². The SMILES string of the molecule is Nc1nccn1CCCOc1ccccc1. The van der Waals surface area contributed by atoms with E-state index in [9.17, 15) is 0 Å². The molecule has 0 amide bonds. The molecule has 1 heterocycles. The van der Waals surface area contributed by atoms with E-state index in [2.05, 4.69) is 4.98 Å². The molecule has 0 saturated carbocycles. The number of hydrogen-bond donors (Lipinski definition) is 1. The minimum absolute atomic E-state index is 0.555. The van der Waals surface area contributed by atoms with Crippen molar-refractivity contribution >= 4 is 5.95 Å². The van der Waals surface area contributed by atoms with Gasteiger partial charge in [-0.05, 0) is 18.6 Å². The first kappa shape index (κ1) is 10.5. The fourth-order valence-corrected chi connectivity index (χ4v) is 1.47. The normalized spacial score (nSPS) is 10.2. The Labute approximate surface area is 94.7 Å². The van der Waals surface area contributed by atoms with Crippen LogP contribution in [-0.4, -0.2) is 16.2 Å². The first-order chi connectivity index (χ1) is 7.86. The maximum Gasteiger partial charge on any atom is 0.200 e. The van der Waals surface area contributed by atoms with Gasteiger partial charge in [0.2, 0.25) is 0 Å². The Kier molecular flexibility index (Phi) is 3.43. The molecule has 4 nitrogen and oxygen atoms in total. The number of nitrogens with two attached hydrogens (primary N) is 1. The highest BCUT2D eigenvalue weighted by Gasteiger charge is 1.97. The lowest BCUT2D eigenvalue weighted by Gasteiger charge is -2.07. The highest BCUT2D eigenvalue weighted by atomic mass is 16.5. The minimum Gasteiger partial charge on any atom is -0.494 e. The first-order valence-corrected chi connectivity index (χ1v) is 5.31. The van der Waals surface area contributed by atoms with Crippen LogP contribution in [0, 0.1) is 0 Å². The zero-order chi connectivity index (χ0) is 11.2. The zero-order valence-electron chi connectivity index (χ0n) is 9.04. The summed E-state index contributed by atoms with van der Waals surface area (Å²) >= 11 is 0. The molecule has 0 unspecified atom stereocenters. The predicted octanol–water partition coefficient (Wildman–Crippen LogP) is 1.93. The number of aryl methyl sites for hydroxylation is 1. The number of nitrogen functional groups attached to an aromatic ring is 1. The Bertz CT molecular complexity index is 425. The van der Waals surface area contributed by atoms with Crippen LogP contribution in [0.2, 0.25) is 0 Å². The van der Waals surface area contributed by atoms with Gasteiger partial charge in [-0.2, -0.15) is 0 Å². The lowest BCUT2D eigenvalue weighted by Crippen LogP contribution is -2.06. The number of imidazole rings is 1. The van der Waals surface area contributed by atoms with Crippen LogP contribution in [0.1, 0.15) is 6.42 Å². The summed E-state index contributed by atoms with van der Waals surface area (Å²) < 4.78 is 7.48. The lowest BCUT2D eigenvalue weighted by molar-refractivity contribution is 0.302. The zero-order valence-corrected chi connectivity index (χ0v) is 9.04. The topological polar surface area (TPSA) is 53.1 Å². The van der Waals surface area contributed by atoms with Crippen molar-refractivity contribution in [2.45, 2.75) is 13.0 Å². The molecule has 1 aromatic heterocycles. The molecule has 0 saturated heterocycles. The Balaban J connectivity index is 1.72. The summed E-state index contributed by atoms with van der Waals surface area (Å²) in [6.07, 6.45) is 4.49. The standard InChI is InChI=1S/C12H15N3O/c13-12-14-7-9-15(12)8-4-10-16-11-5-2-1-3-6-11/h1-3,5-7,9H,4,8,10H2,(H2,13,14). The first-order valence-electron chi connectivity index (χ1n) is 5.31. The molecule has 16 heavy (non-hydrogen) atoms. The van der Waals surface area contributed by atoms with Gasteiger partial charge in [0.25, 0.3) is 0 Å². The number of nitrogens with zero attached hydrogens (tertiary/aromatic N) is 2. The Hall–Kier alpha value is -1.97. The molecule has 2 aromatic rings. The molecule has 4 heteroatoms. The van der Waals surface area contributed by atoms with Crippen molar-refractivity contribution < 1.29 is 4.74 Å². The summed E-state index contributed by atoms with van der Waals surface area (Å²) in [6, 6.07) is 9.79. The maximum atomic E-state index is 5.64.